The molecule has 2 atom stereocenters. The average Bonchev–Trinajstić information content (AvgIpc) is 2.98. The second kappa shape index (κ2) is 5.77. The number of ether oxygens (including phenoxy) is 2. The summed E-state index contributed by atoms with van der Waals surface area (Å²) in [6, 6.07) is 9.45. The van der Waals surface area contributed by atoms with Crippen LogP contribution in [0.1, 0.15) is 12.5 Å². The summed E-state index contributed by atoms with van der Waals surface area (Å²) < 4.78 is 11.6. The molecule has 0 spiro atoms. The number of amides is 1. The Morgan fingerprint density at radius 1 is 1.24 bits per heavy atom. The third kappa shape index (κ3) is 2.88. The van der Waals surface area contributed by atoms with Gasteiger partial charge in [0.2, 0.25) is 6.10 Å². The standard InChI is InChI=1S/C16H17NO3S/c1-11-15(20-14-6-4-3-5-13(14)19-11)16(18)17(2)9-12-7-8-21-10-12/h3-8,10-11,15H,9H2,1-2H3. The van der Waals surface area contributed by atoms with Gasteiger partial charge in [-0.25, -0.2) is 0 Å². The molecule has 1 aromatic heterocycles. The van der Waals surface area contributed by atoms with Gasteiger partial charge in [-0.05, 0) is 41.4 Å². The SMILES string of the molecule is CC1Oc2ccccc2OC1C(=O)N(C)Cc1ccsc1. The molecule has 0 fully saturated rings. The van der Waals surface area contributed by atoms with Crippen LogP contribution < -0.4 is 9.47 Å². The smallest absolute Gasteiger partial charge is 0.267 e. The summed E-state index contributed by atoms with van der Waals surface area (Å²) in [6.07, 6.45) is -0.916. The number of hydrogen-bond acceptors (Lipinski definition) is 4. The Balaban J connectivity index is 1.73. The summed E-state index contributed by atoms with van der Waals surface area (Å²) in [5.41, 5.74) is 1.13. The van der Waals surface area contributed by atoms with E-state index in [4.69, 9.17) is 9.47 Å². The fraction of sp³-hybridized carbons (Fsp3) is 0.312. The van der Waals surface area contributed by atoms with Gasteiger partial charge in [0, 0.05) is 13.6 Å². The fourth-order valence-corrected chi connectivity index (χ4v) is 3.00. The Kier molecular flexibility index (Phi) is 3.84. The lowest BCUT2D eigenvalue weighted by molar-refractivity contribution is -0.143. The first-order chi connectivity index (χ1) is 10.1. The molecule has 1 aliphatic rings. The molecule has 2 unspecified atom stereocenters. The highest BCUT2D eigenvalue weighted by Gasteiger charge is 2.35. The van der Waals surface area contributed by atoms with Crippen molar-refractivity contribution < 1.29 is 14.3 Å². The van der Waals surface area contributed by atoms with E-state index in [9.17, 15) is 4.79 Å². The van der Waals surface area contributed by atoms with Gasteiger partial charge in [-0.1, -0.05) is 12.1 Å². The predicted octanol–water partition coefficient (Wildman–Crippen LogP) is 2.94. The molecule has 0 saturated heterocycles. The highest BCUT2D eigenvalue weighted by molar-refractivity contribution is 7.07. The van der Waals surface area contributed by atoms with Crippen LogP contribution in [0.15, 0.2) is 41.1 Å². The van der Waals surface area contributed by atoms with Gasteiger partial charge in [-0.2, -0.15) is 11.3 Å². The number of benzene rings is 1. The van der Waals surface area contributed by atoms with Gasteiger partial charge in [0.25, 0.3) is 5.91 Å². The molecule has 0 aliphatic carbocycles. The van der Waals surface area contributed by atoms with Crippen LogP contribution in [0.3, 0.4) is 0 Å². The number of likely N-dealkylation sites (N-methyl/N-ethyl adjacent to an activating group) is 1. The molecule has 1 amide bonds. The zero-order valence-electron chi connectivity index (χ0n) is 12.0. The zero-order chi connectivity index (χ0) is 14.8. The molecule has 3 rings (SSSR count). The molecule has 1 aliphatic heterocycles. The van der Waals surface area contributed by atoms with Crippen molar-refractivity contribution in [3.8, 4) is 11.5 Å². The average molecular weight is 303 g/mol. The van der Waals surface area contributed by atoms with Gasteiger partial charge in [0.15, 0.2) is 11.5 Å². The van der Waals surface area contributed by atoms with E-state index >= 15 is 0 Å². The van der Waals surface area contributed by atoms with Crippen LogP contribution in [-0.2, 0) is 11.3 Å². The number of thiophene rings is 1. The summed E-state index contributed by atoms with van der Waals surface area (Å²) in [6.45, 7) is 2.44. The van der Waals surface area contributed by atoms with Crippen LogP contribution in [-0.4, -0.2) is 30.1 Å². The molecule has 4 nitrogen and oxygen atoms in total. The normalized spacial score (nSPS) is 20.1. The first kappa shape index (κ1) is 13.9. The zero-order valence-corrected chi connectivity index (χ0v) is 12.8. The van der Waals surface area contributed by atoms with Crippen molar-refractivity contribution in [2.75, 3.05) is 7.05 Å². The number of rotatable bonds is 3. The fourth-order valence-electron chi connectivity index (χ4n) is 2.34. The molecule has 5 heteroatoms. The number of hydrogen-bond donors (Lipinski definition) is 0. The van der Waals surface area contributed by atoms with Gasteiger partial charge < -0.3 is 14.4 Å². The van der Waals surface area contributed by atoms with Crippen molar-refractivity contribution in [1.29, 1.82) is 0 Å². The molecule has 110 valence electrons. The molecule has 21 heavy (non-hydrogen) atoms. The maximum Gasteiger partial charge on any atom is 0.267 e. The van der Waals surface area contributed by atoms with Gasteiger partial charge in [-0.3, -0.25) is 4.79 Å². The molecular weight excluding hydrogens is 286 g/mol. The Morgan fingerprint density at radius 3 is 2.62 bits per heavy atom. The van der Waals surface area contributed by atoms with Crippen LogP contribution >= 0.6 is 11.3 Å². The lowest BCUT2D eigenvalue weighted by Crippen LogP contribution is -2.49. The number of para-hydroxylation sites is 2. The van der Waals surface area contributed by atoms with Crippen molar-refractivity contribution in [1.82, 2.24) is 4.90 Å². The topological polar surface area (TPSA) is 38.8 Å². The molecule has 2 aromatic rings. The maximum atomic E-state index is 12.6. The third-order valence-corrected chi connectivity index (χ3v) is 4.19. The number of fused-ring (bicyclic) bond motifs is 1. The Hall–Kier alpha value is -2.01. The van der Waals surface area contributed by atoms with Crippen molar-refractivity contribution in [2.45, 2.75) is 25.7 Å². The lowest BCUT2D eigenvalue weighted by Gasteiger charge is -2.33. The molecule has 0 bridgehead atoms. The highest BCUT2D eigenvalue weighted by atomic mass is 32.1. The summed E-state index contributed by atoms with van der Waals surface area (Å²) >= 11 is 1.63. The van der Waals surface area contributed by atoms with E-state index in [2.05, 4.69) is 0 Å². The van der Waals surface area contributed by atoms with E-state index in [-0.39, 0.29) is 12.0 Å². The monoisotopic (exact) mass is 303 g/mol. The second-order valence-electron chi connectivity index (χ2n) is 5.13. The van der Waals surface area contributed by atoms with Crippen LogP contribution in [0, 0.1) is 0 Å². The predicted molar refractivity (Wildman–Crippen MR) is 81.7 cm³/mol. The van der Waals surface area contributed by atoms with E-state index < -0.39 is 6.10 Å². The van der Waals surface area contributed by atoms with Crippen LogP contribution in [0.4, 0.5) is 0 Å². The van der Waals surface area contributed by atoms with Crippen molar-refractivity contribution in [3.63, 3.8) is 0 Å². The van der Waals surface area contributed by atoms with Crippen molar-refractivity contribution >= 4 is 17.2 Å². The second-order valence-corrected chi connectivity index (χ2v) is 5.91. The van der Waals surface area contributed by atoms with E-state index in [0.29, 0.717) is 18.0 Å². The molecule has 0 N–H and O–H groups in total. The number of nitrogens with zero attached hydrogens (tertiary/aromatic N) is 1. The van der Waals surface area contributed by atoms with Gasteiger partial charge in [-0.15, -0.1) is 0 Å². The van der Waals surface area contributed by atoms with E-state index in [1.807, 2.05) is 48.0 Å². The van der Waals surface area contributed by atoms with Gasteiger partial charge in [0.1, 0.15) is 6.10 Å². The summed E-state index contributed by atoms with van der Waals surface area (Å²) in [4.78, 5) is 14.2. The van der Waals surface area contributed by atoms with Crippen molar-refractivity contribution in [3.05, 3.63) is 46.7 Å². The van der Waals surface area contributed by atoms with Crippen molar-refractivity contribution in [2.24, 2.45) is 0 Å². The molecule has 0 saturated carbocycles. The first-order valence-electron chi connectivity index (χ1n) is 6.83. The highest BCUT2D eigenvalue weighted by Crippen LogP contribution is 2.33. The molecular formula is C16H17NO3S. The van der Waals surface area contributed by atoms with Gasteiger partial charge in [0.05, 0.1) is 0 Å². The first-order valence-corrected chi connectivity index (χ1v) is 7.78. The molecule has 1 aromatic carbocycles. The van der Waals surface area contributed by atoms with Crippen LogP contribution in [0.2, 0.25) is 0 Å². The summed E-state index contributed by atoms with van der Waals surface area (Å²) in [7, 11) is 1.79. The quantitative estimate of drug-likeness (QED) is 0.875. The van der Waals surface area contributed by atoms with Crippen LogP contribution in [0.25, 0.3) is 0 Å². The minimum atomic E-state index is -0.608. The van der Waals surface area contributed by atoms with Gasteiger partial charge >= 0.3 is 0 Å². The van der Waals surface area contributed by atoms with E-state index in [1.165, 1.54) is 0 Å². The lowest BCUT2D eigenvalue weighted by atomic mass is 10.1. The Labute approximate surface area is 127 Å². The minimum Gasteiger partial charge on any atom is -0.482 e. The molecule has 0 radical (unpaired) electrons. The molecule has 2 heterocycles. The number of carbonyl (C=O) groups is 1. The third-order valence-electron chi connectivity index (χ3n) is 3.46. The Morgan fingerprint density at radius 2 is 1.95 bits per heavy atom. The number of carbonyl (C=O) groups excluding carboxylic acids is 1. The Bertz CT molecular complexity index is 626. The summed E-state index contributed by atoms with van der Waals surface area (Å²) in [5, 5.41) is 4.05. The summed E-state index contributed by atoms with van der Waals surface area (Å²) in [5.74, 6) is 1.25. The largest absolute Gasteiger partial charge is 0.482 e. The van der Waals surface area contributed by atoms with Crippen LogP contribution in [0.5, 0.6) is 11.5 Å². The minimum absolute atomic E-state index is 0.0665. The van der Waals surface area contributed by atoms with E-state index in [0.717, 1.165) is 5.56 Å². The van der Waals surface area contributed by atoms with E-state index in [1.54, 1.807) is 23.3 Å². The maximum absolute atomic E-state index is 12.6.